The molecule has 0 aliphatic heterocycles. The average Bonchev–Trinajstić information content (AvgIpc) is 2.49. The Kier molecular flexibility index (Phi) is 3.55. The molecule has 0 radical (unpaired) electrons. The fourth-order valence-corrected chi connectivity index (χ4v) is 2.83. The first kappa shape index (κ1) is 12.9. The molecule has 0 aromatic heterocycles. The molecule has 1 N–H and O–H groups in total. The smallest absolute Gasteiger partial charge is 0.255 e. The van der Waals surface area contributed by atoms with Gasteiger partial charge in [-0.3, -0.25) is 4.79 Å². The Morgan fingerprint density at radius 3 is 2.55 bits per heavy atom. The molecule has 0 bridgehead atoms. The van der Waals surface area contributed by atoms with Gasteiger partial charge in [-0.25, -0.2) is 0 Å². The van der Waals surface area contributed by atoms with Crippen molar-refractivity contribution in [3.05, 3.63) is 64.7 Å². The number of anilines is 1. The fourth-order valence-electron chi connectivity index (χ4n) is 2.83. The lowest BCUT2D eigenvalue weighted by atomic mass is 9.88. The highest BCUT2D eigenvalue weighted by Crippen LogP contribution is 2.25. The molecule has 0 unspecified atom stereocenters. The van der Waals surface area contributed by atoms with Crippen molar-refractivity contribution in [1.82, 2.24) is 0 Å². The van der Waals surface area contributed by atoms with E-state index >= 15 is 0 Å². The highest BCUT2D eigenvalue weighted by Gasteiger charge is 2.17. The first-order valence-corrected chi connectivity index (χ1v) is 7.23. The second-order valence-corrected chi connectivity index (χ2v) is 5.47. The van der Waals surface area contributed by atoms with Crippen molar-refractivity contribution in [2.75, 3.05) is 5.32 Å². The van der Waals surface area contributed by atoms with E-state index in [1.54, 1.807) is 0 Å². The van der Waals surface area contributed by atoms with Crippen molar-refractivity contribution in [3.8, 4) is 0 Å². The molecule has 0 atom stereocenters. The summed E-state index contributed by atoms with van der Waals surface area (Å²) in [4.78, 5) is 12.5. The van der Waals surface area contributed by atoms with Crippen LogP contribution in [0.15, 0.2) is 42.5 Å². The van der Waals surface area contributed by atoms with E-state index in [1.165, 1.54) is 29.5 Å². The van der Waals surface area contributed by atoms with Gasteiger partial charge in [0, 0.05) is 11.3 Å². The molecule has 2 heteroatoms. The van der Waals surface area contributed by atoms with Crippen LogP contribution in [0.1, 0.15) is 39.9 Å². The fraction of sp³-hybridized carbons (Fsp3) is 0.278. The number of rotatable bonds is 2. The van der Waals surface area contributed by atoms with Crippen LogP contribution in [-0.4, -0.2) is 5.91 Å². The highest BCUT2D eigenvalue weighted by molar-refractivity contribution is 6.05. The second kappa shape index (κ2) is 5.49. The van der Waals surface area contributed by atoms with Crippen LogP contribution >= 0.6 is 0 Å². The number of nitrogens with one attached hydrogen (secondary N) is 1. The average molecular weight is 265 g/mol. The molecule has 0 spiro atoms. The molecule has 2 aromatic rings. The Labute approximate surface area is 119 Å². The van der Waals surface area contributed by atoms with Crippen molar-refractivity contribution in [3.63, 3.8) is 0 Å². The molecule has 102 valence electrons. The highest BCUT2D eigenvalue weighted by atomic mass is 16.1. The minimum absolute atomic E-state index is 0.00704. The maximum atomic E-state index is 12.5. The standard InChI is InChI=1S/C18H19NO/c1-13-9-11-15(12-10-13)19-18(20)17-8-4-6-14-5-2-3-7-16(14)17/h4,6,8-12H,2-3,5,7H2,1H3,(H,19,20). The van der Waals surface area contributed by atoms with Crippen LogP contribution in [0.3, 0.4) is 0 Å². The van der Waals surface area contributed by atoms with Gasteiger partial charge in [-0.15, -0.1) is 0 Å². The number of carbonyl (C=O) groups is 1. The van der Waals surface area contributed by atoms with Crippen molar-refractivity contribution in [2.45, 2.75) is 32.6 Å². The summed E-state index contributed by atoms with van der Waals surface area (Å²) in [7, 11) is 0. The van der Waals surface area contributed by atoms with Crippen LogP contribution in [-0.2, 0) is 12.8 Å². The van der Waals surface area contributed by atoms with Gasteiger partial charge in [0.1, 0.15) is 0 Å². The number of aryl methyl sites for hydroxylation is 2. The Hall–Kier alpha value is -2.09. The van der Waals surface area contributed by atoms with Gasteiger partial charge < -0.3 is 5.32 Å². The largest absolute Gasteiger partial charge is 0.322 e. The predicted molar refractivity (Wildman–Crippen MR) is 82.2 cm³/mol. The molecule has 3 rings (SSSR count). The lowest BCUT2D eigenvalue weighted by molar-refractivity contribution is 0.102. The molecule has 0 saturated heterocycles. The summed E-state index contributed by atoms with van der Waals surface area (Å²) in [5.41, 5.74) is 5.47. The van der Waals surface area contributed by atoms with Crippen LogP contribution < -0.4 is 5.32 Å². The number of amides is 1. The SMILES string of the molecule is Cc1ccc(NC(=O)c2cccc3c2CCCC3)cc1. The molecule has 2 nitrogen and oxygen atoms in total. The van der Waals surface area contributed by atoms with Gasteiger partial charge in [0.05, 0.1) is 0 Å². The van der Waals surface area contributed by atoms with Gasteiger partial charge >= 0.3 is 0 Å². The molecule has 0 fully saturated rings. The van der Waals surface area contributed by atoms with Gasteiger partial charge in [-0.05, 0) is 61.9 Å². The zero-order valence-corrected chi connectivity index (χ0v) is 11.8. The van der Waals surface area contributed by atoms with Crippen LogP contribution in [0.4, 0.5) is 5.69 Å². The van der Waals surface area contributed by atoms with Crippen molar-refractivity contribution < 1.29 is 4.79 Å². The molecular weight excluding hydrogens is 246 g/mol. The summed E-state index contributed by atoms with van der Waals surface area (Å²) >= 11 is 0. The van der Waals surface area contributed by atoms with Crippen LogP contribution in [0.2, 0.25) is 0 Å². The summed E-state index contributed by atoms with van der Waals surface area (Å²) in [6.45, 7) is 2.04. The molecule has 1 amide bonds. The minimum Gasteiger partial charge on any atom is -0.322 e. The van der Waals surface area contributed by atoms with E-state index in [2.05, 4.69) is 11.4 Å². The monoisotopic (exact) mass is 265 g/mol. The van der Waals surface area contributed by atoms with E-state index in [0.29, 0.717) is 0 Å². The Balaban J connectivity index is 1.85. The quantitative estimate of drug-likeness (QED) is 0.869. The van der Waals surface area contributed by atoms with E-state index in [0.717, 1.165) is 24.1 Å². The van der Waals surface area contributed by atoms with Gasteiger partial charge in [0.2, 0.25) is 0 Å². The molecule has 0 heterocycles. The molecule has 2 aromatic carbocycles. The maximum Gasteiger partial charge on any atom is 0.255 e. The minimum atomic E-state index is 0.00704. The van der Waals surface area contributed by atoms with Gasteiger partial charge in [-0.1, -0.05) is 29.8 Å². The Morgan fingerprint density at radius 1 is 1.00 bits per heavy atom. The zero-order chi connectivity index (χ0) is 13.9. The summed E-state index contributed by atoms with van der Waals surface area (Å²) < 4.78 is 0. The van der Waals surface area contributed by atoms with Crippen LogP contribution in [0.5, 0.6) is 0 Å². The first-order valence-electron chi connectivity index (χ1n) is 7.23. The van der Waals surface area contributed by atoms with Crippen molar-refractivity contribution >= 4 is 11.6 Å². The Bertz CT molecular complexity index is 628. The van der Waals surface area contributed by atoms with E-state index < -0.39 is 0 Å². The van der Waals surface area contributed by atoms with E-state index in [4.69, 9.17) is 0 Å². The zero-order valence-electron chi connectivity index (χ0n) is 11.8. The van der Waals surface area contributed by atoms with E-state index in [-0.39, 0.29) is 5.91 Å². The first-order chi connectivity index (χ1) is 9.74. The lowest BCUT2D eigenvalue weighted by Crippen LogP contribution is -2.17. The van der Waals surface area contributed by atoms with Crippen LogP contribution in [0.25, 0.3) is 0 Å². The van der Waals surface area contributed by atoms with Crippen molar-refractivity contribution in [2.24, 2.45) is 0 Å². The third-order valence-electron chi connectivity index (χ3n) is 3.95. The Morgan fingerprint density at radius 2 is 1.75 bits per heavy atom. The van der Waals surface area contributed by atoms with Gasteiger partial charge in [0.15, 0.2) is 0 Å². The second-order valence-electron chi connectivity index (χ2n) is 5.47. The molecule has 0 saturated carbocycles. The summed E-state index contributed by atoms with van der Waals surface area (Å²) in [5, 5.41) is 3.00. The lowest BCUT2D eigenvalue weighted by Gasteiger charge is -2.18. The topological polar surface area (TPSA) is 29.1 Å². The molecule has 20 heavy (non-hydrogen) atoms. The number of hydrogen-bond acceptors (Lipinski definition) is 1. The third kappa shape index (κ3) is 2.60. The molecular formula is C18H19NO. The summed E-state index contributed by atoms with van der Waals surface area (Å²) in [6.07, 6.45) is 4.53. The number of fused-ring (bicyclic) bond motifs is 1. The van der Waals surface area contributed by atoms with Gasteiger partial charge in [0.25, 0.3) is 5.91 Å². The van der Waals surface area contributed by atoms with Crippen LogP contribution in [0, 0.1) is 6.92 Å². The molecule has 1 aliphatic rings. The maximum absolute atomic E-state index is 12.5. The molecule has 1 aliphatic carbocycles. The van der Waals surface area contributed by atoms with E-state index in [9.17, 15) is 4.79 Å². The van der Waals surface area contributed by atoms with Crippen molar-refractivity contribution in [1.29, 1.82) is 0 Å². The van der Waals surface area contributed by atoms with Gasteiger partial charge in [-0.2, -0.15) is 0 Å². The third-order valence-corrected chi connectivity index (χ3v) is 3.95. The van der Waals surface area contributed by atoms with E-state index in [1.807, 2.05) is 43.3 Å². The predicted octanol–water partition coefficient (Wildman–Crippen LogP) is 4.13. The normalized spacial score (nSPS) is 13.7. The number of benzene rings is 2. The number of hydrogen-bond donors (Lipinski definition) is 1. The summed E-state index contributed by atoms with van der Waals surface area (Å²) in [6, 6.07) is 14.0. The number of carbonyl (C=O) groups excluding carboxylic acids is 1. The summed E-state index contributed by atoms with van der Waals surface area (Å²) in [5.74, 6) is 0.00704.